The minimum atomic E-state index is -1.21. The minimum Gasteiger partial charge on any atom is -0.549 e. The Morgan fingerprint density at radius 1 is 1.13 bits per heavy atom. The molecule has 1 atom stereocenters. The van der Waals surface area contributed by atoms with Gasteiger partial charge >= 0.3 is 29.6 Å². The van der Waals surface area contributed by atoms with Crippen molar-refractivity contribution in [3.05, 3.63) is 72.3 Å². The molecular formula is C21H19N6NaO2. The second-order valence-electron chi connectivity index (χ2n) is 6.75. The van der Waals surface area contributed by atoms with E-state index in [1.807, 2.05) is 18.2 Å². The van der Waals surface area contributed by atoms with Gasteiger partial charge in [0.1, 0.15) is 5.82 Å². The quantitative estimate of drug-likeness (QED) is 0.345. The maximum absolute atomic E-state index is 12.0. The molecule has 146 valence electrons. The summed E-state index contributed by atoms with van der Waals surface area (Å²) < 4.78 is 1.72. The fraction of sp³-hybridized carbons (Fsp3) is 0.238. The van der Waals surface area contributed by atoms with E-state index >= 15 is 0 Å². The number of aliphatic carboxylic acids is 1. The first-order valence-electron chi connectivity index (χ1n) is 9.42. The van der Waals surface area contributed by atoms with Crippen molar-refractivity contribution in [1.82, 2.24) is 29.5 Å². The molecule has 4 aromatic rings. The maximum Gasteiger partial charge on any atom is 1.00 e. The van der Waals surface area contributed by atoms with Crippen molar-refractivity contribution in [2.24, 2.45) is 0 Å². The zero-order valence-electron chi connectivity index (χ0n) is 16.9. The summed E-state index contributed by atoms with van der Waals surface area (Å²) >= 11 is 0. The van der Waals surface area contributed by atoms with Crippen molar-refractivity contribution in [2.75, 3.05) is 0 Å². The molecule has 0 saturated heterocycles. The van der Waals surface area contributed by atoms with Gasteiger partial charge in [0.25, 0.3) is 0 Å². The molecule has 8 nitrogen and oxygen atoms in total. The van der Waals surface area contributed by atoms with Gasteiger partial charge in [-0.15, -0.1) is 10.2 Å². The van der Waals surface area contributed by atoms with Crippen LogP contribution in [0.1, 0.15) is 36.3 Å². The first-order chi connectivity index (χ1) is 14.2. The zero-order chi connectivity index (χ0) is 20.2. The molecule has 4 rings (SSSR count). The average molecular weight is 410 g/mol. The zero-order valence-corrected chi connectivity index (χ0v) is 18.9. The predicted octanol–water partition coefficient (Wildman–Crippen LogP) is -1.39. The van der Waals surface area contributed by atoms with Crippen LogP contribution in [0, 0.1) is 0 Å². The van der Waals surface area contributed by atoms with Gasteiger partial charge in [-0.3, -0.25) is 14.4 Å². The van der Waals surface area contributed by atoms with Gasteiger partial charge in [0.05, 0.1) is 23.3 Å². The van der Waals surface area contributed by atoms with E-state index < -0.39 is 11.9 Å². The standard InChI is InChI=1S/C21H20N6O2.Na/c1-2-5-17-20-26-25-19(16(21(28)29)10-14-6-3-8-22-11-14)27(20)13-18(24-17)15-7-4-9-23-12-15;/h3-4,6-9,11-13,16H,2,5,10H2,1H3,(H,28,29);/q;+1/p-1. The van der Waals surface area contributed by atoms with Gasteiger partial charge in [0.15, 0.2) is 5.65 Å². The summed E-state index contributed by atoms with van der Waals surface area (Å²) in [6.45, 7) is 2.05. The Morgan fingerprint density at radius 2 is 1.90 bits per heavy atom. The molecule has 4 heterocycles. The molecule has 0 radical (unpaired) electrons. The van der Waals surface area contributed by atoms with Crippen LogP contribution in [0.2, 0.25) is 0 Å². The molecule has 9 heteroatoms. The topological polar surface area (TPSA) is 109 Å². The summed E-state index contributed by atoms with van der Waals surface area (Å²) in [5.41, 5.74) is 3.64. The van der Waals surface area contributed by atoms with Crippen molar-refractivity contribution in [3.8, 4) is 11.3 Å². The molecule has 1 unspecified atom stereocenters. The SMILES string of the molecule is CCCc1nc(-c2cccnc2)cn2c(C(Cc3cccnc3)C(=O)[O-])nnc12.[Na+]. The molecule has 0 aliphatic carbocycles. The van der Waals surface area contributed by atoms with Crippen LogP contribution in [-0.2, 0) is 17.6 Å². The van der Waals surface area contributed by atoms with E-state index in [0.717, 1.165) is 23.2 Å². The van der Waals surface area contributed by atoms with Gasteiger partial charge in [-0.25, -0.2) is 4.98 Å². The number of aromatic nitrogens is 6. The molecule has 0 saturated carbocycles. The van der Waals surface area contributed by atoms with Crippen LogP contribution in [-0.4, -0.2) is 35.5 Å². The van der Waals surface area contributed by atoms with Crippen LogP contribution in [0.25, 0.3) is 16.9 Å². The molecule has 0 aliphatic heterocycles. The summed E-state index contributed by atoms with van der Waals surface area (Å²) in [6, 6.07) is 7.34. The molecule has 4 aromatic heterocycles. The smallest absolute Gasteiger partial charge is 0.549 e. The first-order valence-corrected chi connectivity index (χ1v) is 9.42. The Morgan fingerprint density at radius 3 is 2.53 bits per heavy atom. The van der Waals surface area contributed by atoms with E-state index in [9.17, 15) is 9.90 Å². The molecule has 0 fully saturated rings. The van der Waals surface area contributed by atoms with Crippen LogP contribution < -0.4 is 34.7 Å². The van der Waals surface area contributed by atoms with Crippen molar-refractivity contribution < 1.29 is 39.5 Å². The van der Waals surface area contributed by atoms with Crippen LogP contribution in [0.4, 0.5) is 0 Å². The number of carbonyl (C=O) groups is 1. The van der Waals surface area contributed by atoms with Gasteiger partial charge in [-0.05, 0) is 36.6 Å². The third-order valence-electron chi connectivity index (χ3n) is 4.69. The van der Waals surface area contributed by atoms with E-state index in [1.54, 1.807) is 41.5 Å². The van der Waals surface area contributed by atoms with Gasteiger partial charge in [0.2, 0.25) is 0 Å². The molecule has 0 N–H and O–H groups in total. The number of hydrogen-bond acceptors (Lipinski definition) is 7. The van der Waals surface area contributed by atoms with Crippen molar-refractivity contribution >= 4 is 11.6 Å². The fourth-order valence-electron chi connectivity index (χ4n) is 3.30. The fourth-order valence-corrected chi connectivity index (χ4v) is 3.30. The van der Waals surface area contributed by atoms with Crippen molar-refractivity contribution in [3.63, 3.8) is 0 Å². The normalized spacial score (nSPS) is 11.8. The third kappa shape index (κ3) is 4.56. The van der Waals surface area contributed by atoms with E-state index in [-0.39, 0.29) is 36.0 Å². The second-order valence-corrected chi connectivity index (χ2v) is 6.75. The molecule has 0 aromatic carbocycles. The molecule has 30 heavy (non-hydrogen) atoms. The number of pyridine rings is 2. The van der Waals surface area contributed by atoms with Crippen LogP contribution >= 0.6 is 0 Å². The monoisotopic (exact) mass is 410 g/mol. The van der Waals surface area contributed by atoms with Gasteiger partial charge in [-0.1, -0.05) is 19.4 Å². The van der Waals surface area contributed by atoms with E-state index in [2.05, 4.69) is 27.1 Å². The number of nitrogens with zero attached hydrogens (tertiary/aromatic N) is 6. The van der Waals surface area contributed by atoms with Crippen LogP contribution in [0.15, 0.2) is 55.2 Å². The van der Waals surface area contributed by atoms with Crippen LogP contribution in [0.3, 0.4) is 0 Å². The molecule has 0 amide bonds. The minimum absolute atomic E-state index is 0. The summed E-state index contributed by atoms with van der Waals surface area (Å²) in [5.74, 6) is -1.86. The number of hydrogen-bond donors (Lipinski definition) is 0. The third-order valence-corrected chi connectivity index (χ3v) is 4.69. The van der Waals surface area contributed by atoms with Gasteiger partial charge in [0, 0.05) is 36.5 Å². The Labute approximate surface area is 195 Å². The number of carboxylic acid groups (broad SMARTS) is 1. The Balaban J connectivity index is 0.00000256. The molecule has 0 spiro atoms. The average Bonchev–Trinajstić information content (AvgIpc) is 3.17. The van der Waals surface area contributed by atoms with E-state index in [0.29, 0.717) is 23.6 Å². The summed E-state index contributed by atoms with van der Waals surface area (Å²) in [6.07, 6.45) is 10.3. The molecule has 0 bridgehead atoms. The number of carbonyl (C=O) groups excluding carboxylic acids is 1. The molecular weight excluding hydrogens is 391 g/mol. The van der Waals surface area contributed by atoms with Gasteiger partial charge in [-0.2, -0.15) is 0 Å². The second kappa shape index (κ2) is 9.88. The van der Waals surface area contributed by atoms with E-state index in [1.165, 1.54) is 0 Å². The number of fused-ring (bicyclic) bond motifs is 1. The summed E-state index contributed by atoms with van der Waals surface area (Å²) in [7, 11) is 0. The largest absolute Gasteiger partial charge is 1.00 e. The number of rotatable bonds is 7. The van der Waals surface area contributed by atoms with Crippen molar-refractivity contribution in [1.29, 1.82) is 0 Å². The summed E-state index contributed by atoms with van der Waals surface area (Å²) in [5, 5.41) is 20.4. The maximum atomic E-state index is 12.0. The Kier molecular flexibility index (Phi) is 7.25. The predicted molar refractivity (Wildman–Crippen MR) is 104 cm³/mol. The number of carboxylic acids is 1. The first kappa shape index (κ1) is 22.0. The van der Waals surface area contributed by atoms with Gasteiger partial charge < -0.3 is 9.90 Å². The Hall–Kier alpha value is -2.68. The molecule has 0 aliphatic rings. The van der Waals surface area contributed by atoms with E-state index in [4.69, 9.17) is 4.98 Å². The Bertz CT molecular complexity index is 1130. The van der Waals surface area contributed by atoms with Crippen molar-refractivity contribution in [2.45, 2.75) is 32.1 Å². The number of aryl methyl sites for hydroxylation is 1. The van der Waals surface area contributed by atoms with Crippen LogP contribution in [0.5, 0.6) is 0 Å². The summed E-state index contributed by atoms with van der Waals surface area (Å²) in [4.78, 5) is 24.9.